The van der Waals surface area contributed by atoms with E-state index in [1.165, 1.54) is 10.9 Å². The fourth-order valence-electron chi connectivity index (χ4n) is 2.86. The quantitative estimate of drug-likeness (QED) is 0.496. The summed E-state index contributed by atoms with van der Waals surface area (Å²) < 4.78 is 6.59. The third kappa shape index (κ3) is 4.11. The predicted octanol–water partition coefficient (Wildman–Crippen LogP) is 2.91. The molecule has 138 valence electrons. The fourth-order valence-corrected chi connectivity index (χ4v) is 2.86. The molecule has 3 aromatic rings. The van der Waals surface area contributed by atoms with Crippen molar-refractivity contribution in [3.8, 4) is 0 Å². The molecule has 0 saturated carbocycles. The van der Waals surface area contributed by atoms with E-state index in [2.05, 4.69) is 4.98 Å². The Morgan fingerprint density at radius 1 is 1.11 bits per heavy atom. The van der Waals surface area contributed by atoms with Gasteiger partial charge in [-0.05, 0) is 25.5 Å². The zero-order valence-electron chi connectivity index (χ0n) is 15.2. The standard InChI is InChI=1S/C21H20N2O4/c1-14-7-6-10-17-19(14)22-13-23(21(17)26)12-11-18(24)27-15(2)20(25)16-8-4-3-5-9-16/h3-10,13,15H,11-12H2,1-2H3/t15-/m1/s1. The molecule has 3 rings (SSSR count). The molecule has 0 unspecified atom stereocenters. The highest BCUT2D eigenvalue weighted by Crippen LogP contribution is 2.11. The van der Waals surface area contributed by atoms with Crippen molar-refractivity contribution in [3.05, 3.63) is 76.3 Å². The number of rotatable bonds is 6. The summed E-state index contributed by atoms with van der Waals surface area (Å²) in [5.41, 5.74) is 1.86. The molecule has 0 saturated heterocycles. The van der Waals surface area contributed by atoms with Crippen LogP contribution in [0.25, 0.3) is 10.9 Å². The van der Waals surface area contributed by atoms with Crippen LogP contribution in [0.15, 0.2) is 59.7 Å². The first kappa shape index (κ1) is 18.5. The minimum absolute atomic E-state index is 0.0225. The lowest BCUT2D eigenvalue weighted by atomic mass is 10.1. The van der Waals surface area contributed by atoms with Crippen molar-refractivity contribution < 1.29 is 14.3 Å². The number of hydrogen-bond acceptors (Lipinski definition) is 5. The molecule has 0 spiro atoms. The third-order valence-electron chi connectivity index (χ3n) is 4.35. The molecule has 0 amide bonds. The summed E-state index contributed by atoms with van der Waals surface area (Å²) in [5, 5.41) is 0.512. The second-order valence-electron chi connectivity index (χ2n) is 6.33. The summed E-state index contributed by atoms with van der Waals surface area (Å²) in [6.45, 7) is 3.57. The normalized spacial score (nSPS) is 11.9. The molecule has 1 aromatic heterocycles. The topological polar surface area (TPSA) is 78.3 Å². The Morgan fingerprint density at radius 2 is 1.85 bits per heavy atom. The smallest absolute Gasteiger partial charge is 0.308 e. The Kier molecular flexibility index (Phi) is 5.45. The largest absolute Gasteiger partial charge is 0.454 e. The Bertz CT molecular complexity index is 1040. The number of Topliss-reactive ketones (excluding diaryl/α,β-unsaturated/α-hetero) is 1. The van der Waals surface area contributed by atoms with Gasteiger partial charge in [0, 0.05) is 12.1 Å². The van der Waals surface area contributed by atoms with Gasteiger partial charge in [-0.2, -0.15) is 0 Å². The first-order valence-corrected chi connectivity index (χ1v) is 8.71. The summed E-state index contributed by atoms with van der Waals surface area (Å²) >= 11 is 0. The third-order valence-corrected chi connectivity index (χ3v) is 4.35. The van der Waals surface area contributed by atoms with Crippen molar-refractivity contribution in [2.24, 2.45) is 0 Å². The van der Waals surface area contributed by atoms with Gasteiger partial charge in [-0.15, -0.1) is 0 Å². The zero-order chi connectivity index (χ0) is 19.4. The Labute approximate surface area is 156 Å². The van der Waals surface area contributed by atoms with E-state index >= 15 is 0 Å². The van der Waals surface area contributed by atoms with E-state index in [9.17, 15) is 14.4 Å². The molecule has 0 aliphatic carbocycles. The van der Waals surface area contributed by atoms with Crippen LogP contribution < -0.4 is 5.56 Å². The molecular formula is C21H20N2O4. The van der Waals surface area contributed by atoms with Gasteiger partial charge in [0.05, 0.1) is 23.7 Å². The van der Waals surface area contributed by atoms with Crippen molar-refractivity contribution in [3.63, 3.8) is 0 Å². The van der Waals surface area contributed by atoms with Crippen LogP contribution in [-0.4, -0.2) is 27.4 Å². The number of carbonyl (C=O) groups is 2. The summed E-state index contributed by atoms with van der Waals surface area (Å²) in [5.74, 6) is -0.799. The summed E-state index contributed by atoms with van der Waals surface area (Å²) in [6, 6.07) is 14.1. The highest BCUT2D eigenvalue weighted by molar-refractivity contribution is 6.00. The molecule has 0 N–H and O–H groups in total. The Balaban J connectivity index is 1.64. The molecule has 1 heterocycles. The minimum atomic E-state index is -0.881. The van der Waals surface area contributed by atoms with Crippen LogP contribution in [-0.2, 0) is 16.1 Å². The number of esters is 1. The average molecular weight is 364 g/mol. The first-order valence-electron chi connectivity index (χ1n) is 8.71. The van der Waals surface area contributed by atoms with Crippen molar-refractivity contribution >= 4 is 22.7 Å². The van der Waals surface area contributed by atoms with E-state index in [4.69, 9.17) is 4.74 Å². The van der Waals surface area contributed by atoms with Gasteiger partial charge < -0.3 is 4.74 Å². The van der Waals surface area contributed by atoms with Gasteiger partial charge in [-0.25, -0.2) is 4.98 Å². The number of para-hydroxylation sites is 1. The molecule has 1 atom stereocenters. The summed E-state index contributed by atoms with van der Waals surface area (Å²) in [7, 11) is 0. The van der Waals surface area contributed by atoms with Crippen molar-refractivity contribution in [1.29, 1.82) is 0 Å². The molecule has 0 bridgehead atoms. The second-order valence-corrected chi connectivity index (χ2v) is 6.33. The lowest BCUT2D eigenvalue weighted by Gasteiger charge is -2.13. The molecule has 0 aliphatic rings. The van der Waals surface area contributed by atoms with Crippen LogP contribution >= 0.6 is 0 Å². The average Bonchev–Trinajstić information content (AvgIpc) is 2.68. The predicted molar refractivity (Wildman–Crippen MR) is 102 cm³/mol. The number of hydrogen-bond donors (Lipinski definition) is 0. The zero-order valence-corrected chi connectivity index (χ0v) is 15.2. The van der Waals surface area contributed by atoms with E-state index in [1.807, 2.05) is 19.1 Å². The maximum absolute atomic E-state index is 12.5. The molecule has 0 radical (unpaired) electrons. The van der Waals surface area contributed by atoms with Gasteiger partial charge in [-0.1, -0.05) is 42.5 Å². The van der Waals surface area contributed by atoms with Crippen LogP contribution in [0.1, 0.15) is 29.3 Å². The molecule has 2 aromatic carbocycles. The van der Waals surface area contributed by atoms with Gasteiger partial charge in [0.15, 0.2) is 6.10 Å². The fraction of sp³-hybridized carbons (Fsp3) is 0.238. The molecule has 0 aliphatic heterocycles. The number of ketones is 1. The van der Waals surface area contributed by atoms with Gasteiger partial charge >= 0.3 is 5.97 Å². The number of carbonyl (C=O) groups excluding carboxylic acids is 2. The second kappa shape index (κ2) is 7.95. The highest BCUT2D eigenvalue weighted by atomic mass is 16.5. The number of benzene rings is 2. The highest BCUT2D eigenvalue weighted by Gasteiger charge is 2.19. The van der Waals surface area contributed by atoms with E-state index in [-0.39, 0.29) is 24.3 Å². The Morgan fingerprint density at radius 3 is 2.59 bits per heavy atom. The summed E-state index contributed by atoms with van der Waals surface area (Å²) in [4.78, 5) is 41.2. The number of ether oxygens (including phenoxy) is 1. The summed E-state index contributed by atoms with van der Waals surface area (Å²) in [6.07, 6.45) is 0.531. The lowest BCUT2D eigenvalue weighted by Crippen LogP contribution is -2.26. The van der Waals surface area contributed by atoms with Gasteiger partial charge in [0.2, 0.25) is 5.78 Å². The molecule has 6 nitrogen and oxygen atoms in total. The van der Waals surface area contributed by atoms with E-state index in [0.29, 0.717) is 16.5 Å². The van der Waals surface area contributed by atoms with Crippen LogP contribution in [0, 0.1) is 6.92 Å². The van der Waals surface area contributed by atoms with Crippen molar-refractivity contribution in [2.75, 3.05) is 0 Å². The van der Waals surface area contributed by atoms with Crippen molar-refractivity contribution in [2.45, 2.75) is 32.9 Å². The molecule has 27 heavy (non-hydrogen) atoms. The van der Waals surface area contributed by atoms with E-state index in [0.717, 1.165) is 5.56 Å². The van der Waals surface area contributed by atoms with Gasteiger partial charge in [0.25, 0.3) is 5.56 Å². The number of nitrogens with zero attached hydrogens (tertiary/aromatic N) is 2. The van der Waals surface area contributed by atoms with Crippen molar-refractivity contribution in [1.82, 2.24) is 9.55 Å². The molecular weight excluding hydrogens is 344 g/mol. The molecule has 6 heteroatoms. The Hall–Kier alpha value is -3.28. The van der Waals surface area contributed by atoms with E-state index in [1.54, 1.807) is 43.3 Å². The van der Waals surface area contributed by atoms with Crippen LogP contribution in [0.2, 0.25) is 0 Å². The first-order chi connectivity index (χ1) is 13.0. The van der Waals surface area contributed by atoms with Gasteiger partial charge in [-0.3, -0.25) is 19.0 Å². The monoisotopic (exact) mass is 364 g/mol. The van der Waals surface area contributed by atoms with Crippen LogP contribution in [0.5, 0.6) is 0 Å². The molecule has 0 fully saturated rings. The van der Waals surface area contributed by atoms with Crippen LogP contribution in [0.4, 0.5) is 0 Å². The lowest BCUT2D eigenvalue weighted by molar-refractivity contribution is -0.146. The SMILES string of the molecule is Cc1cccc2c(=O)n(CCC(=O)O[C@H](C)C(=O)c3ccccc3)cnc12. The van der Waals surface area contributed by atoms with Crippen LogP contribution in [0.3, 0.4) is 0 Å². The van der Waals surface area contributed by atoms with Gasteiger partial charge in [0.1, 0.15) is 0 Å². The number of aryl methyl sites for hydroxylation is 2. The van der Waals surface area contributed by atoms with E-state index < -0.39 is 12.1 Å². The number of aromatic nitrogens is 2. The minimum Gasteiger partial charge on any atom is -0.454 e. The maximum atomic E-state index is 12.5. The number of fused-ring (bicyclic) bond motifs is 1. The maximum Gasteiger partial charge on any atom is 0.308 e.